The van der Waals surface area contributed by atoms with Gasteiger partial charge in [0.1, 0.15) is 5.82 Å². The van der Waals surface area contributed by atoms with Gasteiger partial charge < -0.3 is 9.73 Å². The summed E-state index contributed by atoms with van der Waals surface area (Å²) in [5.74, 6) is 1.44. The number of carbonyl (C=O) groups is 1. The summed E-state index contributed by atoms with van der Waals surface area (Å²) < 4.78 is 30.7. The van der Waals surface area contributed by atoms with E-state index in [-0.39, 0.29) is 24.4 Å². The molecule has 3 heterocycles. The highest BCUT2D eigenvalue weighted by molar-refractivity contribution is 5.94. The quantitative estimate of drug-likeness (QED) is 0.629. The van der Waals surface area contributed by atoms with Crippen LogP contribution in [0.2, 0.25) is 0 Å². The van der Waals surface area contributed by atoms with Crippen LogP contribution in [0.1, 0.15) is 31.6 Å². The van der Waals surface area contributed by atoms with E-state index in [2.05, 4.69) is 20.3 Å². The van der Waals surface area contributed by atoms with Gasteiger partial charge >= 0.3 is 0 Å². The molecule has 1 aliphatic carbocycles. The summed E-state index contributed by atoms with van der Waals surface area (Å²) in [5, 5.41) is 3.72. The molecule has 0 bridgehead atoms. The zero-order valence-electron chi connectivity index (χ0n) is 17.5. The molecule has 0 aliphatic heterocycles. The van der Waals surface area contributed by atoms with E-state index < -0.39 is 6.43 Å². The Morgan fingerprint density at radius 1 is 1.16 bits per heavy atom. The molecule has 0 atom stereocenters. The molecule has 0 spiro atoms. The number of aromatic nitrogens is 3. The Kier molecular flexibility index (Phi) is 6.22. The number of hydrogen-bond acceptors (Lipinski definition) is 6. The maximum absolute atomic E-state index is 12.7. The number of halogens is 2. The van der Waals surface area contributed by atoms with E-state index >= 15 is 0 Å². The first-order valence-electron chi connectivity index (χ1n) is 10.4. The van der Waals surface area contributed by atoms with Crippen LogP contribution in [0.15, 0.2) is 35.1 Å². The second-order valence-electron chi connectivity index (χ2n) is 8.06. The third-order valence-corrected chi connectivity index (χ3v) is 5.84. The lowest BCUT2D eigenvalue weighted by molar-refractivity contribution is -0.121. The number of hydrogen-bond donors (Lipinski definition) is 1. The number of pyridine rings is 2. The van der Waals surface area contributed by atoms with Crippen molar-refractivity contribution in [2.75, 3.05) is 18.9 Å². The molecule has 4 rings (SSSR count). The Morgan fingerprint density at radius 2 is 1.94 bits per heavy atom. The van der Waals surface area contributed by atoms with Gasteiger partial charge in [0.05, 0.1) is 24.5 Å². The van der Waals surface area contributed by atoms with E-state index in [9.17, 15) is 13.6 Å². The number of anilines is 1. The number of oxazole rings is 1. The maximum Gasteiger partial charge on any atom is 0.251 e. The van der Waals surface area contributed by atoms with Crippen LogP contribution in [-0.4, -0.2) is 51.8 Å². The fourth-order valence-corrected chi connectivity index (χ4v) is 4.10. The molecule has 0 unspecified atom stereocenters. The smallest absolute Gasteiger partial charge is 0.251 e. The molecule has 0 radical (unpaired) electrons. The Hall–Kier alpha value is -2.94. The zero-order valence-corrected chi connectivity index (χ0v) is 17.5. The number of alkyl halides is 2. The van der Waals surface area contributed by atoms with Crippen molar-refractivity contribution < 1.29 is 18.0 Å². The summed E-state index contributed by atoms with van der Waals surface area (Å²) in [6.07, 6.45) is 5.45. The third-order valence-electron chi connectivity index (χ3n) is 5.84. The van der Waals surface area contributed by atoms with Crippen molar-refractivity contribution in [1.29, 1.82) is 0 Å². The molecule has 1 N–H and O–H groups in total. The van der Waals surface area contributed by atoms with Crippen molar-refractivity contribution in [3.63, 3.8) is 0 Å². The molecular weight excluding hydrogens is 404 g/mol. The summed E-state index contributed by atoms with van der Waals surface area (Å²) >= 11 is 0. The summed E-state index contributed by atoms with van der Waals surface area (Å²) in [7, 11) is 1.72. The normalized spacial score (nSPS) is 19.3. The molecule has 0 saturated heterocycles. The number of fused-ring (bicyclic) bond motifs is 1. The largest absolute Gasteiger partial charge is 0.441 e. The van der Waals surface area contributed by atoms with E-state index in [1.54, 1.807) is 43.5 Å². The Morgan fingerprint density at radius 3 is 2.61 bits per heavy atom. The van der Waals surface area contributed by atoms with Gasteiger partial charge in [0.15, 0.2) is 11.7 Å². The highest BCUT2D eigenvalue weighted by atomic mass is 19.3. The molecule has 1 amide bonds. The summed E-state index contributed by atoms with van der Waals surface area (Å²) in [6.45, 7) is 1.55. The standard InChI is InChI=1S/C22H25F2N5O2/c1-13-25-11-19(31-13)16-7-15-8-21(27-10-18(15)26-9-16)28-22(30)14-3-5-17(6-4-14)29(2)12-20(23)24/h7-11,14,17,20H,3-6,12H2,1-2H3,(H,27,28,30)/t14-,17-. The van der Waals surface area contributed by atoms with Crippen LogP contribution in [-0.2, 0) is 4.79 Å². The molecular formula is C22H25F2N5O2. The Labute approximate surface area is 178 Å². The molecule has 1 saturated carbocycles. The Balaban J connectivity index is 1.41. The maximum atomic E-state index is 12.7. The van der Waals surface area contributed by atoms with Crippen molar-refractivity contribution in [2.24, 2.45) is 5.92 Å². The zero-order chi connectivity index (χ0) is 22.0. The molecule has 0 aromatic carbocycles. The third kappa shape index (κ3) is 5.04. The second-order valence-corrected chi connectivity index (χ2v) is 8.06. The summed E-state index contributed by atoms with van der Waals surface area (Å²) in [5.41, 5.74) is 1.50. The van der Waals surface area contributed by atoms with Crippen molar-refractivity contribution in [3.05, 3.63) is 36.6 Å². The van der Waals surface area contributed by atoms with Gasteiger partial charge in [-0.1, -0.05) is 0 Å². The fraction of sp³-hybridized carbons (Fsp3) is 0.455. The molecule has 1 aliphatic rings. The Bertz CT molecular complexity index is 1060. The van der Waals surface area contributed by atoms with Gasteiger partial charge in [-0.3, -0.25) is 14.7 Å². The van der Waals surface area contributed by atoms with E-state index in [1.165, 1.54) is 0 Å². The van der Waals surface area contributed by atoms with E-state index in [4.69, 9.17) is 4.42 Å². The minimum Gasteiger partial charge on any atom is -0.441 e. The number of nitrogens with zero attached hydrogens (tertiary/aromatic N) is 4. The molecule has 1 fully saturated rings. The van der Waals surface area contributed by atoms with Gasteiger partial charge in [0.2, 0.25) is 5.91 Å². The molecule has 7 nitrogen and oxygen atoms in total. The molecule has 3 aromatic rings. The van der Waals surface area contributed by atoms with Crippen molar-refractivity contribution >= 4 is 22.6 Å². The SMILES string of the molecule is Cc1ncc(-c2cnc3cnc(NC(=O)[C@H]4CC[C@H](N(C)CC(F)F)CC4)cc3c2)o1. The van der Waals surface area contributed by atoms with Gasteiger partial charge in [-0.2, -0.15) is 0 Å². The fourth-order valence-electron chi connectivity index (χ4n) is 4.10. The average molecular weight is 429 g/mol. The van der Waals surface area contributed by atoms with Crippen LogP contribution in [0.3, 0.4) is 0 Å². The van der Waals surface area contributed by atoms with Gasteiger partial charge in [0, 0.05) is 36.0 Å². The summed E-state index contributed by atoms with van der Waals surface area (Å²) in [4.78, 5) is 27.2. The van der Waals surface area contributed by atoms with Crippen LogP contribution in [0, 0.1) is 12.8 Å². The van der Waals surface area contributed by atoms with Crippen LogP contribution in [0.25, 0.3) is 22.2 Å². The molecule has 3 aromatic heterocycles. The average Bonchev–Trinajstić information content (AvgIpc) is 3.19. The van der Waals surface area contributed by atoms with E-state index in [0.29, 0.717) is 35.8 Å². The van der Waals surface area contributed by atoms with Gasteiger partial charge in [-0.25, -0.2) is 18.7 Å². The summed E-state index contributed by atoms with van der Waals surface area (Å²) in [6, 6.07) is 3.81. The lowest BCUT2D eigenvalue weighted by Crippen LogP contribution is -2.39. The van der Waals surface area contributed by atoms with Gasteiger partial charge in [-0.05, 0) is 44.9 Å². The number of carbonyl (C=O) groups excluding carboxylic acids is 1. The highest BCUT2D eigenvalue weighted by Gasteiger charge is 2.29. The predicted octanol–water partition coefficient (Wildman–Crippen LogP) is 4.29. The second kappa shape index (κ2) is 9.05. The first kappa shape index (κ1) is 21.3. The topological polar surface area (TPSA) is 84.2 Å². The van der Waals surface area contributed by atoms with Crippen LogP contribution >= 0.6 is 0 Å². The monoisotopic (exact) mass is 429 g/mol. The van der Waals surface area contributed by atoms with Crippen molar-refractivity contribution in [3.8, 4) is 11.3 Å². The van der Waals surface area contributed by atoms with Crippen LogP contribution in [0.5, 0.6) is 0 Å². The minimum absolute atomic E-state index is 0.0863. The van der Waals surface area contributed by atoms with Gasteiger partial charge in [-0.15, -0.1) is 0 Å². The van der Waals surface area contributed by atoms with Crippen LogP contribution < -0.4 is 5.32 Å². The highest BCUT2D eigenvalue weighted by Crippen LogP contribution is 2.29. The molecule has 9 heteroatoms. The van der Waals surface area contributed by atoms with Crippen molar-refractivity contribution in [1.82, 2.24) is 19.9 Å². The van der Waals surface area contributed by atoms with E-state index in [0.717, 1.165) is 23.8 Å². The lowest BCUT2D eigenvalue weighted by atomic mass is 9.85. The lowest BCUT2D eigenvalue weighted by Gasteiger charge is -2.33. The predicted molar refractivity (Wildman–Crippen MR) is 113 cm³/mol. The first-order chi connectivity index (χ1) is 14.9. The number of rotatable bonds is 6. The number of aryl methyl sites for hydroxylation is 1. The molecule has 164 valence electrons. The number of nitrogens with one attached hydrogen (secondary N) is 1. The minimum atomic E-state index is -2.34. The molecule has 31 heavy (non-hydrogen) atoms. The first-order valence-corrected chi connectivity index (χ1v) is 10.4. The van der Waals surface area contributed by atoms with Gasteiger partial charge in [0.25, 0.3) is 6.43 Å². The van der Waals surface area contributed by atoms with E-state index in [1.807, 2.05) is 6.07 Å². The van der Waals surface area contributed by atoms with Crippen LogP contribution in [0.4, 0.5) is 14.6 Å². The van der Waals surface area contributed by atoms with Crippen molar-refractivity contribution in [2.45, 2.75) is 45.1 Å². The number of amides is 1.